The van der Waals surface area contributed by atoms with Crippen molar-refractivity contribution in [2.75, 3.05) is 0 Å². The van der Waals surface area contributed by atoms with Crippen LogP contribution < -0.4 is 0 Å². The van der Waals surface area contributed by atoms with Gasteiger partial charge < -0.3 is 0 Å². The summed E-state index contributed by atoms with van der Waals surface area (Å²) in [5.41, 5.74) is 0. The van der Waals surface area contributed by atoms with Gasteiger partial charge >= 0.3 is 0 Å². The van der Waals surface area contributed by atoms with E-state index in [0.717, 1.165) is 0 Å². The van der Waals surface area contributed by atoms with Crippen molar-refractivity contribution in [2.24, 2.45) is 0 Å². The van der Waals surface area contributed by atoms with Crippen LogP contribution in [0.15, 0.2) is 13.2 Å². The Hall–Kier alpha value is -0.840. The van der Waals surface area contributed by atoms with Crippen LogP contribution in [0, 0.1) is 10.8 Å². The average molecular weight is 56.1 g/mol. The second-order valence-corrected chi connectivity index (χ2v) is 0. The molecule has 0 atom stereocenters. The van der Waals surface area contributed by atoms with Crippen LogP contribution in [-0.4, -0.2) is 0 Å². The van der Waals surface area contributed by atoms with Gasteiger partial charge in [-0.1, -0.05) is 0 Å². The van der Waals surface area contributed by atoms with E-state index in [1.807, 2.05) is 0 Å². The van der Waals surface area contributed by atoms with Crippen molar-refractivity contribution in [2.45, 2.75) is 0 Å². The zero-order valence-corrected chi connectivity index (χ0v) is 2.31. The van der Waals surface area contributed by atoms with E-state index in [-0.39, 0.29) is 0 Å². The summed E-state index contributed by atoms with van der Waals surface area (Å²) in [5, 5.41) is 12.0. The van der Waals surface area contributed by atoms with Crippen molar-refractivity contribution in [3.63, 3.8) is 0 Å². The smallest absolute Gasteiger partial charge is 0 e. The third-order valence-electron chi connectivity index (χ3n) is 0. The summed E-state index contributed by atoms with van der Waals surface area (Å²) in [6.45, 7) is 6.00. The first-order valence-electron chi connectivity index (χ1n) is 0.700. The normalized spacial score (nSPS) is 1.50. The molecule has 0 N–H and O–H groups in total. The summed E-state index contributed by atoms with van der Waals surface area (Å²) >= 11 is 0. The highest BCUT2D eigenvalue weighted by molar-refractivity contribution is 4.22. The molecule has 0 heterocycles. The minimum atomic E-state index is 3.00. The minimum Gasteiger partial charge on any atom is -0.106 e. The lowest BCUT2D eigenvalue weighted by Gasteiger charge is -0.813. The minimum absolute atomic E-state index is 3.00. The van der Waals surface area contributed by atoms with Gasteiger partial charge in [-0.05, 0) is 0 Å². The van der Waals surface area contributed by atoms with Gasteiger partial charge in [-0.15, -0.1) is 13.2 Å². The molecular formula is C2H4N2. The van der Waals surface area contributed by atoms with Crippen molar-refractivity contribution < 1.29 is 0 Å². The Morgan fingerprint density at radius 1 is 1.00 bits per heavy atom. The maximum Gasteiger partial charge on any atom is 0 e. The van der Waals surface area contributed by atoms with Crippen LogP contribution in [0.5, 0.6) is 0 Å². The van der Waals surface area contributed by atoms with Crippen LogP contribution in [0.4, 0.5) is 0 Å². The van der Waals surface area contributed by atoms with Crippen LogP contribution in [0.3, 0.4) is 0 Å². The molecule has 0 aliphatic rings. The van der Waals surface area contributed by atoms with Gasteiger partial charge in [0.25, 0.3) is 0 Å². The number of nitrogens with zero attached hydrogens (tertiary/aromatic N) is 2. The van der Waals surface area contributed by atoms with Crippen LogP contribution in [0.25, 0.3) is 0 Å². The summed E-state index contributed by atoms with van der Waals surface area (Å²) in [7, 11) is 0. The lowest BCUT2D eigenvalue weighted by Crippen LogP contribution is -0.562. The molecule has 0 amide bonds. The first-order chi connectivity index (χ1) is 2.00. The topological polar surface area (TPSA) is 47.6 Å². The fourth-order valence-electron chi connectivity index (χ4n) is 0. The first-order valence-corrected chi connectivity index (χ1v) is 0.700. The summed E-state index contributed by atoms with van der Waals surface area (Å²) in [4.78, 5) is 0. The van der Waals surface area contributed by atoms with Gasteiger partial charge in [0.2, 0.25) is 0 Å². The molecule has 0 saturated heterocycles. The third-order valence-corrected chi connectivity index (χ3v) is 0. The molecule has 0 fully saturated rings. The molecule has 22 valence electrons. The number of rotatable bonds is 0. The van der Waals surface area contributed by atoms with E-state index >= 15 is 0 Å². The molecule has 0 rings (SSSR count). The predicted molar refractivity (Wildman–Crippen MR) is 14.7 cm³/mol. The number of hydrogen-bond acceptors (Lipinski definition) is 2. The van der Waals surface area contributed by atoms with E-state index in [2.05, 4.69) is 13.2 Å². The van der Waals surface area contributed by atoms with Crippen molar-refractivity contribution in [3.05, 3.63) is 13.2 Å². The Kier molecular flexibility index (Phi) is 11.3. The van der Waals surface area contributed by atoms with Crippen molar-refractivity contribution in [1.82, 2.24) is 0 Å². The SMILES string of the molecule is C=C.N#N. The third kappa shape index (κ3) is 0.0421. The van der Waals surface area contributed by atoms with E-state index in [0.29, 0.717) is 0 Å². The Labute approximate surface area is 25.2 Å². The van der Waals surface area contributed by atoms with Crippen molar-refractivity contribution in [3.8, 4) is 0 Å². The summed E-state index contributed by atoms with van der Waals surface area (Å²) < 4.78 is 0. The zero-order valence-electron chi connectivity index (χ0n) is 2.31. The van der Waals surface area contributed by atoms with Crippen LogP contribution in [0.2, 0.25) is 0 Å². The lowest BCUT2D eigenvalue weighted by atomic mass is 11.3. The maximum atomic E-state index is 6.00. The molecule has 2 heteroatoms. The molecule has 0 unspecified atom stereocenters. The molecular weight excluding hydrogens is 52.0 g/mol. The van der Waals surface area contributed by atoms with Gasteiger partial charge in [-0.25, -0.2) is 0 Å². The van der Waals surface area contributed by atoms with E-state index < -0.39 is 0 Å². The molecule has 0 saturated carbocycles. The molecule has 0 spiro atoms. The fourth-order valence-corrected chi connectivity index (χ4v) is 0. The van der Waals surface area contributed by atoms with Crippen LogP contribution >= 0.6 is 0 Å². The van der Waals surface area contributed by atoms with E-state index in [4.69, 9.17) is 10.8 Å². The van der Waals surface area contributed by atoms with E-state index in [9.17, 15) is 0 Å². The molecule has 0 aromatic carbocycles. The Morgan fingerprint density at radius 3 is 1.00 bits per heavy atom. The van der Waals surface area contributed by atoms with E-state index in [1.165, 1.54) is 0 Å². The average Bonchev–Trinajstić information content (AvgIpc) is 1.50. The molecule has 0 aromatic heterocycles. The van der Waals surface area contributed by atoms with Gasteiger partial charge in [0, 0.05) is 10.8 Å². The molecule has 0 aliphatic carbocycles. The maximum absolute atomic E-state index is 6.00. The molecule has 0 aromatic rings. The fraction of sp³-hybridized carbons (Fsp3) is 0. The molecule has 0 aliphatic heterocycles. The second kappa shape index (κ2) is 4.12. The molecule has 2 nitrogen and oxygen atoms in total. The Morgan fingerprint density at radius 2 is 1.00 bits per heavy atom. The highest BCUT2D eigenvalue weighted by Gasteiger charge is 0.601. The standard InChI is InChI=1S/C2H4.N2/c2*1-2/h1-2H2;. The lowest BCUT2D eigenvalue weighted by molar-refractivity contribution is 1.15. The van der Waals surface area contributed by atoms with E-state index in [1.54, 1.807) is 0 Å². The van der Waals surface area contributed by atoms with Gasteiger partial charge in [-0.3, -0.25) is 0 Å². The predicted octanol–water partition coefficient (Wildman–Crippen LogP) is 0.832. The van der Waals surface area contributed by atoms with Gasteiger partial charge in [0.1, 0.15) is 0 Å². The summed E-state index contributed by atoms with van der Waals surface area (Å²) in [6.07, 6.45) is 0. The summed E-state index contributed by atoms with van der Waals surface area (Å²) in [6, 6.07) is 0. The number of hydrogen-bond donors (Lipinski definition) is 0. The van der Waals surface area contributed by atoms with Gasteiger partial charge in [0.05, 0.1) is 0 Å². The van der Waals surface area contributed by atoms with Crippen LogP contribution in [0.1, 0.15) is 0 Å². The molecule has 0 radical (unpaired) electrons. The Bertz CT molecular complexity index is 15.2. The van der Waals surface area contributed by atoms with Crippen molar-refractivity contribution in [1.29, 1.82) is 10.8 Å². The molecule has 4 heavy (non-hydrogen) atoms. The molecule has 0 bridgehead atoms. The highest BCUT2D eigenvalue weighted by atomic mass is 14.6. The second-order valence-electron chi connectivity index (χ2n) is 0. The van der Waals surface area contributed by atoms with Gasteiger partial charge in [0.15, 0.2) is 0 Å². The zero-order chi connectivity index (χ0) is 4.00. The van der Waals surface area contributed by atoms with Gasteiger partial charge in [-0.2, -0.15) is 0 Å². The monoisotopic (exact) mass is 56.0 g/mol. The highest BCUT2D eigenvalue weighted by Crippen LogP contribution is 0.862. The first kappa shape index (κ1) is 11.0. The quantitative estimate of drug-likeness (QED) is 0.305. The Balaban J connectivity index is 0. The summed E-state index contributed by atoms with van der Waals surface area (Å²) in [5.74, 6) is 0. The largest absolute Gasteiger partial charge is 0.106 e. The van der Waals surface area contributed by atoms with Crippen molar-refractivity contribution >= 4 is 0 Å². The van der Waals surface area contributed by atoms with Crippen LogP contribution in [-0.2, 0) is 0 Å².